The summed E-state index contributed by atoms with van der Waals surface area (Å²) in [4.78, 5) is 14.3. The van der Waals surface area contributed by atoms with E-state index in [1.54, 1.807) is 18.1 Å². The number of methoxy groups -OCH3 is 1. The van der Waals surface area contributed by atoms with E-state index in [-0.39, 0.29) is 29.8 Å². The Morgan fingerprint density at radius 3 is 2.81 bits per heavy atom. The fraction of sp³-hybridized carbons (Fsp3) is 0.562. The van der Waals surface area contributed by atoms with Crippen LogP contribution in [0.15, 0.2) is 24.3 Å². The van der Waals surface area contributed by atoms with Crippen molar-refractivity contribution in [2.75, 3.05) is 20.3 Å². The maximum atomic E-state index is 13.5. The number of ether oxygens (including phenoxy) is 1. The maximum absolute atomic E-state index is 13.5. The van der Waals surface area contributed by atoms with E-state index in [0.717, 1.165) is 12.0 Å². The van der Waals surface area contributed by atoms with Gasteiger partial charge in [-0.15, -0.1) is 0 Å². The number of nitrogens with zero attached hydrogens (tertiary/aromatic N) is 1. The van der Waals surface area contributed by atoms with E-state index in [1.807, 2.05) is 19.9 Å². The van der Waals surface area contributed by atoms with Gasteiger partial charge in [-0.05, 0) is 30.0 Å². The molecule has 2 rings (SSSR count). The van der Waals surface area contributed by atoms with Gasteiger partial charge in [-0.3, -0.25) is 10.1 Å². The fourth-order valence-corrected chi connectivity index (χ4v) is 2.69. The van der Waals surface area contributed by atoms with Gasteiger partial charge in [0.1, 0.15) is 12.0 Å². The number of benzene rings is 1. The topological polar surface area (TPSA) is 41.6 Å². The first-order valence-electron chi connectivity index (χ1n) is 7.35. The molecular formula is C16H23FN2O2. The van der Waals surface area contributed by atoms with Crippen LogP contribution >= 0.6 is 0 Å². The molecule has 1 saturated heterocycles. The largest absolute Gasteiger partial charge is 0.385 e. The minimum absolute atomic E-state index is 0.0790. The van der Waals surface area contributed by atoms with Gasteiger partial charge in [0.25, 0.3) is 0 Å². The fourth-order valence-electron chi connectivity index (χ4n) is 2.69. The Kier molecular flexibility index (Phi) is 5.31. The highest BCUT2D eigenvalue weighted by molar-refractivity contribution is 5.84. The first-order chi connectivity index (χ1) is 10.0. The van der Waals surface area contributed by atoms with Crippen molar-refractivity contribution in [2.24, 2.45) is 5.92 Å². The second-order valence-corrected chi connectivity index (χ2v) is 5.72. The average Bonchev–Trinajstić information content (AvgIpc) is 2.77. The predicted octanol–water partition coefficient (Wildman–Crippen LogP) is 2.32. The van der Waals surface area contributed by atoms with Gasteiger partial charge >= 0.3 is 0 Å². The molecule has 1 aliphatic rings. The van der Waals surface area contributed by atoms with E-state index in [4.69, 9.17) is 4.74 Å². The number of carbonyl (C=O) groups excluding carboxylic acids is 1. The summed E-state index contributed by atoms with van der Waals surface area (Å²) in [7, 11) is 1.64. The van der Waals surface area contributed by atoms with Crippen molar-refractivity contribution < 1.29 is 13.9 Å². The molecule has 116 valence electrons. The number of amides is 1. The van der Waals surface area contributed by atoms with Crippen molar-refractivity contribution in [3.63, 3.8) is 0 Å². The summed E-state index contributed by atoms with van der Waals surface area (Å²) in [6.45, 7) is 5.23. The summed E-state index contributed by atoms with van der Waals surface area (Å²) in [5, 5.41) is 3.33. The van der Waals surface area contributed by atoms with E-state index >= 15 is 0 Å². The van der Waals surface area contributed by atoms with Crippen LogP contribution in [0.3, 0.4) is 0 Å². The standard InChI is InChI=1S/C16H23FN2O2/c1-11(2)14-16(20)19(8-5-9-21-3)15(18-14)12-6-4-7-13(17)10-12/h4,6-7,10-11,14-15,18H,5,8-9H2,1-3H3. The van der Waals surface area contributed by atoms with Crippen molar-refractivity contribution in [3.8, 4) is 0 Å². The summed E-state index contributed by atoms with van der Waals surface area (Å²) in [5.74, 6) is -0.0112. The molecule has 21 heavy (non-hydrogen) atoms. The lowest BCUT2D eigenvalue weighted by molar-refractivity contribution is -0.131. The zero-order chi connectivity index (χ0) is 15.4. The van der Waals surface area contributed by atoms with E-state index in [1.165, 1.54) is 12.1 Å². The molecule has 1 heterocycles. The van der Waals surface area contributed by atoms with E-state index in [9.17, 15) is 9.18 Å². The number of nitrogens with one attached hydrogen (secondary N) is 1. The van der Waals surface area contributed by atoms with Crippen LogP contribution in [0.4, 0.5) is 4.39 Å². The Hall–Kier alpha value is -1.46. The van der Waals surface area contributed by atoms with E-state index in [2.05, 4.69) is 5.32 Å². The van der Waals surface area contributed by atoms with Crippen LogP contribution in [-0.2, 0) is 9.53 Å². The Morgan fingerprint density at radius 2 is 2.19 bits per heavy atom. The average molecular weight is 294 g/mol. The molecule has 1 aromatic rings. The summed E-state index contributed by atoms with van der Waals surface area (Å²) in [5.41, 5.74) is 0.781. The van der Waals surface area contributed by atoms with Crippen molar-refractivity contribution in [3.05, 3.63) is 35.6 Å². The van der Waals surface area contributed by atoms with Gasteiger partial charge in [-0.1, -0.05) is 26.0 Å². The lowest BCUT2D eigenvalue weighted by Gasteiger charge is -2.24. The lowest BCUT2D eigenvalue weighted by Crippen LogP contribution is -2.35. The molecule has 0 aliphatic carbocycles. The Balaban J connectivity index is 2.21. The monoisotopic (exact) mass is 294 g/mol. The molecular weight excluding hydrogens is 271 g/mol. The minimum atomic E-state index is -0.286. The lowest BCUT2D eigenvalue weighted by atomic mass is 10.1. The molecule has 2 atom stereocenters. The molecule has 0 radical (unpaired) electrons. The third-order valence-electron chi connectivity index (χ3n) is 3.78. The zero-order valence-corrected chi connectivity index (χ0v) is 12.8. The number of carbonyl (C=O) groups is 1. The molecule has 2 unspecified atom stereocenters. The molecule has 1 amide bonds. The molecule has 0 aromatic heterocycles. The summed E-state index contributed by atoms with van der Waals surface area (Å²) >= 11 is 0. The molecule has 5 heteroatoms. The van der Waals surface area contributed by atoms with E-state index in [0.29, 0.717) is 13.2 Å². The summed E-state index contributed by atoms with van der Waals surface area (Å²) in [6.07, 6.45) is 0.498. The number of halogens is 1. The van der Waals surface area contributed by atoms with Gasteiger partial charge in [0.15, 0.2) is 0 Å². The highest BCUT2D eigenvalue weighted by Crippen LogP contribution is 2.28. The molecule has 1 fully saturated rings. The van der Waals surface area contributed by atoms with Gasteiger partial charge in [0, 0.05) is 20.3 Å². The first kappa shape index (κ1) is 15.9. The molecule has 1 aromatic carbocycles. The third-order valence-corrected chi connectivity index (χ3v) is 3.78. The van der Waals surface area contributed by atoms with Gasteiger partial charge in [-0.2, -0.15) is 0 Å². The molecule has 4 nitrogen and oxygen atoms in total. The van der Waals surface area contributed by atoms with Crippen LogP contribution in [-0.4, -0.2) is 37.1 Å². The third kappa shape index (κ3) is 3.60. The Labute approximate surface area is 125 Å². The number of rotatable bonds is 6. The Bertz CT molecular complexity index is 493. The van der Waals surface area contributed by atoms with Crippen molar-refractivity contribution in [2.45, 2.75) is 32.5 Å². The predicted molar refractivity (Wildman–Crippen MR) is 79.1 cm³/mol. The molecule has 1 aliphatic heterocycles. The first-order valence-corrected chi connectivity index (χ1v) is 7.35. The SMILES string of the molecule is COCCCN1C(=O)C(C(C)C)NC1c1cccc(F)c1. The van der Waals surface area contributed by atoms with Gasteiger partial charge < -0.3 is 9.64 Å². The van der Waals surface area contributed by atoms with Crippen LogP contribution in [0.1, 0.15) is 32.0 Å². The zero-order valence-electron chi connectivity index (χ0n) is 12.8. The van der Waals surface area contributed by atoms with Crippen molar-refractivity contribution >= 4 is 5.91 Å². The van der Waals surface area contributed by atoms with Crippen LogP contribution in [0.2, 0.25) is 0 Å². The van der Waals surface area contributed by atoms with Crippen molar-refractivity contribution in [1.29, 1.82) is 0 Å². The summed E-state index contributed by atoms with van der Waals surface area (Å²) < 4.78 is 18.5. The minimum Gasteiger partial charge on any atom is -0.385 e. The van der Waals surface area contributed by atoms with Crippen LogP contribution < -0.4 is 5.32 Å². The van der Waals surface area contributed by atoms with Crippen LogP contribution in [0, 0.1) is 11.7 Å². The number of hydrogen-bond acceptors (Lipinski definition) is 3. The second-order valence-electron chi connectivity index (χ2n) is 5.72. The van der Waals surface area contributed by atoms with Crippen molar-refractivity contribution in [1.82, 2.24) is 10.2 Å². The van der Waals surface area contributed by atoms with Crippen LogP contribution in [0.5, 0.6) is 0 Å². The van der Waals surface area contributed by atoms with Gasteiger partial charge in [0.2, 0.25) is 5.91 Å². The van der Waals surface area contributed by atoms with E-state index < -0.39 is 0 Å². The molecule has 1 N–H and O–H groups in total. The van der Waals surface area contributed by atoms with Gasteiger partial charge in [0.05, 0.1) is 6.04 Å². The summed E-state index contributed by atoms with van der Waals surface area (Å²) in [6, 6.07) is 6.19. The highest BCUT2D eigenvalue weighted by Gasteiger charge is 2.40. The second kappa shape index (κ2) is 7.00. The molecule has 0 saturated carbocycles. The normalized spacial score (nSPS) is 22.3. The number of hydrogen-bond donors (Lipinski definition) is 1. The molecule has 0 bridgehead atoms. The van der Waals surface area contributed by atoms with Crippen LogP contribution in [0.25, 0.3) is 0 Å². The highest BCUT2D eigenvalue weighted by atomic mass is 19.1. The maximum Gasteiger partial charge on any atom is 0.241 e. The smallest absolute Gasteiger partial charge is 0.241 e. The van der Waals surface area contributed by atoms with Gasteiger partial charge in [-0.25, -0.2) is 4.39 Å². The quantitative estimate of drug-likeness (QED) is 0.819. The molecule has 0 spiro atoms. The Morgan fingerprint density at radius 1 is 1.43 bits per heavy atom.